The summed E-state index contributed by atoms with van der Waals surface area (Å²) in [6.45, 7) is 7.28. The summed E-state index contributed by atoms with van der Waals surface area (Å²) in [5.74, 6) is 1.75. The Morgan fingerprint density at radius 3 is 1.91 bits per heavy atom. The molecule has 0 unspecified atom stereocenters. The van der Waals surface area contributed by atoms with Crippen molar-refractivity contribution in [1.82, 2.24) is 19.7 Å². The number of fused-ring (bicyclic) bond motifs is 1. The molecule has 220 valence electrons. The Balaban J connectivity index is 1.55. The Bertz CT molecular complexity index is 1750. The fourth-order valence-corrected chi connectivity index (χ4v) is 6.29. The molecule has 1 saturated heterocycles. The quantitative estimate of drug-likeness (QED) is 0.196. The van der Waals surface area contributed by atoms with Crippen molar-refractivity contribution in [3.05, 3.63) is 138 Å². The minimum absolute atomic E-state index is 0.240. The maximum atomic E-state index is 5.61. The molecule has 7 nitrogen and oxygen atoms in total. The number of pyridine rings is 2. The predicted octanol–water partition coefficient (Wildman–Crippen LogP) is 6.99. The molecule has 3 aromatic heterocycles. The van der Waals surface area contributed by atoms with Gasteiger partial charge in [-0.1, -0.05) is 91.0 Å². The van der Waals surface area contributed by atoms with Gasteiger partial charge in [-0.05, 0) is 48.7 Å². The van der Waals surface area contributed by atoms with Gasteiger partial charge in [0, 0.05) is 36.3 Å². The third kappa shape index (κ3) is 4.99. The second-order valence-electron chi connectivity index (χ2n) is 11.5. The monoisotopic (exact) mass is 580 g/mol. The number of nitrogens with one attached hydrogen (secondary N) is 1. The summed E-state index contributed by atoms with van der Waals surface area (Å²) in [5.41, 5.74) is 5.41. The van der Waals surface area contributed by atoms with E-state index in [-0.39, 0.29) is 6.04 Å². The summed E-state index contributed by atoms with van der Waals surface area (Å²) in [6, 6.07) is 38.5. The summed E-state index contributed by atoms with van der Waals surface area (Å²) in [5, 5.41) is 10.1. The second-order valence-corrected chi connectivity index (χ2v) is 11.5. The molecule has 3 aromatic carbocycles. The SMILES string of the molecule is CC(C)Nc1cc2c(-c3ccnc(N4CCOCC4)c3)nn(C(c3ccccc3)(c3ccccc3)c3ccccc3)c2cn1. The molecule has 0 aliphatic carbocycles. The van der Waals surface area contributed by atoms with Crippen molar-refractivity contribution < 1.29 is 4.74 Å². The lowest BCUT2D eigenvalue weighted by atomic mass is 9.77. The van der Waals surface area contributed by atoms with Gasteiger partial charge in [-0.15, -0.1) is 0 Å². The van der Waals surface area contributed by atoms with Crippen molar-refractivity contribution in [3.8, 4) is 11.3 Å². The van der Waals surface area contributed by atoms with E-state index in [2.05, 4.69) is 138 Å². The topological polar surface area (TPSA) is 68.1 Å². The van der Waals surface area contributed by atoms with Gasteiger partial charge in [-0.25, -0.2) is 14.6 Å². The zero-order chi connectivity index (χ0) is 29.9. The van der Waals surface area contributed by atoms with Gasteiger partial charge in [-0.2, -0.15) is 5.10 Å². The summed E-state index contributed by atoms with van der Waals surface area (Å²) in [7, 11) is 0. The smallest absolute Gasteiger partial charge is 0.138 e. The van der Waals surface area contributed by atoms with E-state index in [1.165, 1.54) is 0 Å². The van der Waals surface area contributed by atoms with E-state index in [4.69, 9.17) is 19.8 Å². The van der Waals surface area contributed by atoms with E-state index >= 15 is 0 Å². The second kappa shape index (κ2) is 11.9. The number of hydrogen-bond donors (Lipinski definition) is 1. The van der Waals surface area contributed by atoms with Gasteiger partial charge in [-0.3, -0.25) is 0 Å². The van der Waals surface area contributed by atoms with Gasteiger partial charge >= 0.3 is 0 Å². The highest BCUT2D eigenvalue weighted by atomic mass is 16.5. The Morgan fingerprint density at radius 2 is 1.34 bits per heavy atom. The van der Waals surface area contributed by atoms with Crippen LogP contribution in [0.15, 0.2) is 122 Å². The molecule has 0 radical (unpaired) electrons. The highest BCUT2D eigenvalue weighted by Gasteiger charge is 2.41. The molecule has 7 heteroatoms. The number of morpholine rings is 1. The third-order valence-electron chi connectivity index (χ3n) is 8.25. The number of rotatable bonds is 8. The molecule has 0 atom stereocenters. The van der Waals surface area contributed by atoms with Gasteiger partial charge in [0.1, 0.15) is 22.9 Å². The van der Waals surface area contributed by atoms with E-state index in [1.807, 2.05) is 12.4 Å². The van der Waals surface area contributed by atoms with E-state index < -0.39 is 5.54 Å². The van der Waals surface area contributed by atoms with E-state index in [9.17, 15) is 0 Å². The van der Waals surface area contributed by atoms with Crippen molar-refractivity contribution in [3.63, 3.8) is 0 Å². The Labute approximate surface area is 258 Å². The third-order valence-corrected chi connectivity index (χ3v) is 8.25. The number of benzene rings is 3. The summed E-state index contributed by atoms with van der Waals surface area (Å²) in [4.78, 5) is 11.9. The minimum atomic E-state index is -0.769. The normalized spacial score (nSPS) is 13.8. The predicted molar refractivity (Wildman–Crippen MR) is 177 cm³/mol. The fourth-order valence-electron chi connectivity index (χ4n) is 6.29. The van der Waals surface area contributed by atoms with Gasteiger partial charge in [0.15, 0.2) is 0 Å². The molecule has 7 rings (SSSR count). The number of hydrogen-bond acceptors (Lipinski definition) is 6. The molecule has 44 heavy (non-hydrogen) atoms. The highest BCUT2D eigenvalue weighted by Crippen LogP contribution is 2.44. The molecule has 1 aliphatic heterocycles. The van der Waals surface area contributed by atoms with E-state index in [0.717, 1.165) is 63.6 Å². The van der Waals surface area contributed by atoms with Gasteiger partial charge in [0.25, 0.3) is 0 Å². The Morgan fingerprint density at radius 1 is 0.750 bits per heavy atom. The van der Waals surface area contributed by atoms with Crippen LogP contribution in [0.5, 0.6) is 0 Å². The molecule has 6 aromatic rings. The zero-order valence-electron chi connectivity index (χ0n) is 25.1. The molecular weight excluding hydrogens is 544 g/mol. The number of nitrogens with zero attached hydrogens (tertiary/aromatic N) is 5. The lowest BCUT2D eigenvalue weighted by molar-refractivity contribution is 0.122. The number of ether oxygens (including phenoxy) is 1. The Kier molecular flexibility index (Phi) is 7.54. The first-order chi connectivity index (χ1) is 21.6. The first-order valence-electron chi connectivity index (χ1n) is 15.3. The number of anilines is 2. The number of aromatic nitrogens is 4. The van der Waals surface area contributed by atoms with Gasteiger partial charge in [0.2, 0.25) is 0 Å². The van der Waals surface area contributed by atoms with Crippen LogP contribution in [-0.4, -0.2) is 52.1 Å². The summed E-state index contributed by atoms with van der Waals surface area (Å²) in [6.07, 6.45) is 3.85. The first-order valence-corrected chi connectivity index (χ1v) is 15.3. The van der Waals surface area contributed by atoms with E-state index in [1.54, 1.807) is 0 Å². The first kappa shape index (κ1) is 27.8. The van der Waals surface area contributed by atoms with Gasteiger partial charge < -0.3 is 15.0 Å². The van der Waals surface area contributed by atoms with Crippen molar-refractivity contribution >= 4 is 22.5 Å². The highest BCUT2D eigenvalue weighted by molar-refractivity contribution is 5.95. The standard InChI is InChI=1S/C37H36N6O/c1-27(2)40-34-25-32-33(26-39-34)43(41-36(32)28-18-19-38-35(24-28)42-20-22-44-23-21-42)37(29-12-6-3-7-13-29,30-14-8-4-9-15-30)31-16-10-5-11-17-31/h3-19,24-27H,20-23H2,1-2H3,(H,39,40). The molecule has 4 heterocycles. The van der Waals surface area contributed by atoms with Crippen LogP contribution in [0.3, 0.4) is 0 Å². The molecule has 0 bridgehead atoms. The van der Waals surface area contributed by atoms with Crippen LogP contribution in [0.2, 0.25) is 0 Å². The van der Waals surface area contributed by atoms with E-state index in [0.29, 0.717) is 13.2 Å². The lowest BCUT2D eigenvalue weighted by Gasteiger charge is -2.37. The average Bonchev–Trinajstić information content (AvgIpc) is 3.46. The van der Waals surface area contributed by atoms with Crippen molar-refractivity contribution in [2.45, 2.75) is 25.4 Å². The van der Waals surface area contributed by atoms with Crippen LogP contribution in [0.1, 0.15) is 30.5 Å². The summed E-state index contributed by atoms with van der Waals surface area (Å²) < 4.78 is 7.79. The maximum absolute atomic E-state index is 5.61. The molecule has 0 saturated carbocycles. The van der Waals surface area contributed by atoms with Crippen molar-refractivity contribution in [2.75, 3.05) is 36.5 Å². The molecule has 1 fully saturated rings. The largest absolute Gasteiger partial charge is 0.378 e. The van der Waals surface area contributed by atoms with Gasteiger partial charge in [0.05, 0.1) is 24.9 Å². The lowest BCUT2D eigenvalue weighted by Crippen LogP contribution is -2.38. The molecule has 0 spiro atoms. The fraction of sp³-hybridized carbons (Fsp3) is 0.216. The summed E-state index contributed by atoms with van der Waals surface area (Å²) >= 11 is 0. The van der Waals surface area contributed by atoms with Crippen LogP contribution in [0, 0.1) is 0 Å². The molecular formula is C37H36N6O. The maximum Gasteiger partial charge on any atom is 0.138 e. The molecule has 1 aliphatic rings. The average molecular weight is 581 g/mol. The zero-order valence-corrected chi connectivity index (χ0v) is 25.1. The molecule has 0 amide bonds. The van der Waals surface area contributed by atoms with Crippen LogP contribution in [0.25, 0.3) is 22.2 Å². The van der Waals surface area contributed by atoms with Crippen LogP contribution in [0.4, 0.5) is 11.6 Å². The minimum Gasteiger partial charge on any atom is -0.378 e. The van der Waals surface area contributed by atoms with Crippen LogP contribution in [-0.2, 0) is 10.3 Å². The van der Waals surface area contributed by atoms with Crippen molar-refractivity contribution in [2.24, 2.45) is 0 Å². The molecule has 1 N–H and O–H groups in total. The van der Waals surface area contributed by atoms with Crippen LogP contribution < -0.4 is 10.2 Å². The van der Waals surface area contributed by atoms with Crippen LogP contribution >= 0.6 is 0 Å². The Hall–Kier alpha value is -5.01. The van der Waals surface area contributed by atoms with Crippen molar-refractivity contribution in [1.29, 1.82) is 0 Å².